The lowest BCUT2D eigenvalue weighted by molar-refractivity contribution is -0.125. The SMILES string of the molecule is CCC(Cc1ccc(O)cc1)(OCC(C)(OC)C(Cl)(Cl)Cl)C(Cl)(Cl)Cl. The largest absolute Gasteiger partial charge is 0.508 e. The second-order valence-corrected chi connectivity index (χ2v) is 10.5. The van der Waals surface area contributed by atoms with Crippen LogP contribution in [0.3, 0.4) is 0 Å². The molecule has 25 heavy (non-hydrogen) atoms. The third kappa shape index (κ3) is 5.83. The molecule has 9 heteroatoms. The first kappa shape index (κ1) is 23.7. The van der Waals surface area contributed by atoms with E-state index < -0.39 is 18.8 Å². The zero-order chi connectivity index (χ0) is 19.5. The highest BCUT2D eigenvalue weighted by Crippen LogP contribution is 2.47. The Morgan fingerprint density at radius 2 is 1.48 bits per heavy atom. The van der Waals surface area contributed by atoms with Crippen LogP contribution in [0.1, 0.15) is 25.8 Å². The van der Waals surface area contributed by atoms with Crippen LogP contribution in [0.5, 0.6) is 5.75 Å². The summed E-state index contributed by atoms with van der Waals surface area (Å²) in [4.78, 5) is 0. The van der Waals surface area contributed by atoms with Crippen LogP contribution >= 0.6 is 69.6 Å². The molecule has 0 spiro atoms. The molecule has 0 heterocycles. The zero-order valence-electron chi connectivity index (χ0n) is 14.0. The number of hydrogen-bond donors (Lipinski definition) is 1. The van der Waals surface area contributed by atoms with Crippen molar-refractivity contribution in [2.45, 2.75) is 45.5 Å². The summed E-state index contributed by atoms with van der Waals surface area (Å²) in [6.45, 7) is 3.32. The van der Waals surface area contributed by atoms with Crippen LogP contribution in [0.2, 0.25) is 0 Å². The normalized spacial score (nSPS) is 17.8. The molecule has 0 aliphatic carbocycles. The van der Waals surface area contributed by atoms with Crippen LogP contribution in [0.25, 0.3) is 0 Å². The van der Waals surface area contributed by atoms with Gasteiger partial charge in [0.25, 0.3) is 0 Å². The van der Waals surface area contributed by atoms with Crippen molar-refractivity contribution in [3.8, 4) is 5.75 Å². The third-order valence-electron chi connectivity index (χ3n) is 4.19. The Bertz CT molecular complexity index is 554. The van der Waals surface area contributed by atoms with Crippen LogP contribution in [-0.4, -0.2) is 37.6 Å². The molecular formula is C16H20Cl6O3. The standard InChI is InChI=1S/C16H20Cl6O3/c1-4-14(16(20,21)22,9-11-5-7-12(23)8-6-11)25-10-13(2,24-3)15(17,18)19/h5-8,23H,4,9-10H2,1-3H3. The molecular weight excluding hydrogens is 453 g/mol. The summed E-state index contributed by atoms with van der Waals surface area (Å²) in [5, 5.41) is 9.43. The molecule has 0 saturated heterocycles. The highest BCUT2D eigenvalue weighted by Gasteiger charge is 2.52. The van der Waals surface area contributed by atoms with E-state index in [0.29, 0.717) is 6.42 Å². The van der Waals surface area contributed by atoms with E-state index in [2.05, 4.69) is 0 Å². The maximum absolute atomic E-state index is 9.43. The molecule has 1 aromatic carbocycles. The minimum absolute atomic E-state index is 0.111. The fourth-order valence-electron chi connectivity index (χ4n) is 2.14. The molecule has 2 unspecified atom stereocenters. The molecule has 1 aromatic rings. The van der Waals surface area contributed by atoms with Gasteiger partial charge in [-0.3, -0.25) is 0 Å². The lowest BCUT2D eigenvalue weighted by atomic mass is 9.92. The van der Waals surface area contributed by atoms with E-state index in [1.165, 1.54) is 7.11 Å². The Morgan fingerprint density at radius 1 is 0.960 bits per heavy atom. The quantitative estimate of drug-likeness (QED) is 0.477. The molecule has 0 aromatic heterocycles. The Balaban J connectivity index is 3.14. The van der Waals surface area contributed by atoms with Gasteiger partial charge in [-0.25, -0.2) is 0 Å². The Kier molecular flexibility index (Phi) is 8.34. The predicted molar refractivity (Wildman–Crippen MR) is 107 cm³/mol. The van der Waals surface area contributed by atoms with Crippen LogP contribution in [0, 0.1) is 0 Å². The summed E-state index contributed by atoms with van der Waals surface area (Å²) in [5.41, 5.74) is -1.62. The van der Waals surface area contributed by atoms with E-state index in [9.17, 15) is 5.11 Å². The number of phenolic OH excluding ortho intramolecular Hbond substituents is 1. The van der Waals surface area contributed by atoms with E-state index in [1.54, 1.807) is 31.2 Å². The predicted octanol–water partition coefficient (Wildman–Crippen LogP) is 6.25. The molecule has 0 aliphatic heterocycles. The Hall–Kier alpha value is 0.680. The number of ether oxygens (including phenoxy) is 2. The minimum Gasteiger partial charge on any atom is -0.508 e. The summed E-state index contributed by atoms with van der Waals surface area (Å²) in [6.07, 6.45) is 0.657. The van der Waals surface area contributed by atoms with E-state index in [0.717, 1.165) is 5.56 Å². The molecule has 0 amide bonds. The van der Waals surface area contributed by atoms with Gasteiger partial charge in [0, 0.05) is 13.5 Å². The number of alkyl halides is 6. The first-order chi connectivity index (χ1) is 11.3. The van der Waals surface area contributed by atoms with Gasteiger partial charge in [-0.15, -0.1) is 0 Å². The summed E-state index contributed by atoms with van der Waals surface area (Å²) < 4.78 is 7.87. The van der Waals surface area contributed by atoms with Crippen molar-refractivity contribution < 1.29 is 14.6 Å². The number of halogens is 6. The number of methoxy groups -OCH3 is 1. The molecule has 1 rings (SSSR count). The van der Waals surface area contributed by atoms with Gasteiger partial charge in [0.05, 0.1) is 6.61 Å². The first-order valence-corrected chi connectivity index (χ1v) is 9.67. The minimum atomic E-state index is -1.75. The number of benzene rings is 1. The van der Waals surface area contributed by atoms with E-state index >= 15 is 0 Å². The lowest BCUT2D eigenvalue weighted by Gasteiger charge is -2.43. The number of aromatic hydroxyl groups is 1. The maximum atomic E-state index is 9.43. The van der Waals surface area contributed by atoms with Crippen molar-refractivity contribution in [3.05, 3.63) is 29.8 Å². The van der Waals surface area contributed by atoms with Crippen molar-refractivity contribution >= 4 is 69.6 Å². The second kappa shape index (κ2) is 8.79. The van der Waals surface area contributed by atoms with Crippen molar-refractivity contribution in [3.63, 3.8) is 0 Å². The molecule has 0 fully saturated rings. The fourth-order valence-corrected chi connectivity index (χ4v) is 3.30. The number of phenols is 1. The molecule has 2 atom stereocenters. The van der Waals surface area contributed by atoms with E-state index in [4.69, 9.17) is 79.1 Å². The van der Waals surface area contributed by atoms with Gasteiger partial charge in [0.2, 0.25) is 7.59 Å². The van der Waals surface area contributed by atoms with Crippen LogP contribution in [0.15, 0.2) is 24.3 Å². The molecule has 3 nitrogen and oxygen atoms in total. The van der Waals surface area contributed by atoms with Crippen molar-refractivity contribution in [1.82, 2.24) is 0 Å². The van der Waals surface area contributed by atoms with Crippen molar-refractivity contribution in [2.24, 2.45) is 0 Å². The van der Waals surface area contributed by atoms with Gasteiger partial charge in [0.1, 0.15) is 17.0 Å². The first-order valence-electron chi connectivity index (χ1n) is 7.41. The average molecular weight is 473 g/mol. The summed E-state index contributed by atoms with van der Waals surface area (Å²) in [7, 11) is 1.41. The highest BCUT2D eigenvalue weighted by atomic mass is 35.6. The summed E-state index contributed by atoms with van der Waals surface area (Å²) in [5.74, 6) is 0.142. The molecule has 0 bridgehead atoms. The van der Waals surface area contributed by atoms with Gasteiger partial charge in [-0.2, -0.15) is 0 Å². The summed E-state index contributed by atoms with van der Waals surface area (Å²) in [6, 6.07) is 6.55. The zero-order valence-corrected chi connectivity index (χ0v) is 18.5. The van der Waals surface area contributed by atoms with Crippen LogP contribution in [-0.2, 0) is 15.9 Å². The second-order valence-electron chi connectivity index (χ2n) is 5.91. The lowest BCUT2D eigenvalue weighted by Crippen LogP contribution is -2.53. The van der Waals surface area contributed by atoms with Crippen molar-refractivity contribution in [1.29, 1.82) is 0 Å². The fraction of sp³-hybridized carbons (Fsp3) is 0.625. The Morgan fingerprint density at radius 3 is 1.84 bits per heavy atom. The molecule has 0 radical (unpaired) electrons. The Labute approximate surface area is 178 Å². The van der Waals surface area contributed by atoms with Gasteiger partial charge >= 0.3 is 0 Å². The molecule has 1 N–H and O–H groups in total. The van der Waals surface area contributed by atoms with Gasteiger partial charge in [-0.1, -0.05) is 88.7 Å². The molecule has 0 aliphatic rings. The van der Waals surface area contributed by atoms with E-state index in [-0.39, 0.29) is 18.8 Å². The smallest absolute Gasteiger partial charge is 0.221 e. The molecule has 0 saturated carbocycles. The molecule has 144 valence electrons. The highest BCUT2D eigenvalue weighted by molar-refractivity contribution is 6.69. The van der Waals surface area contributed by atoms with Gasteiger partial charge in [-0.05, 0) is 31.0 Å². The van der Waals surface area contributed by atoms with Crippen LogP contribution in [0.4, 0.5) is 0 Å². The number of rotatable bonds is 7. The van der Waals surface area contributed by atoms with Crippen molar-refractivity contribution in [2.75, 3.05) is 13.7 Å². The maximum Gasteiger partial charge on any atom is 0.221 e. The summed E-state index contributed by atoms with van der Waals surface area (Å²) >= 11 is 36.7. The van der Waals surface area contributed by atoms with Crippen LogP contribution < -0.4 is 0 Å². The van der Waals surface area contributed by atoms with Gasteiger partial charge < -0.3 is 14.6 Å². The average Bonchev–Trinajstić information content (AvgIpc) is 2.50. The van der Waals surface area contributed by atoms with Gasteiger partial charge in [0.15, 0.2) is 0 Å². The number of hydrogen-bond acceptors (Lipinski definition) is 3. The third-order valence-corrected chi connectivity index (χ3v) is 6.42. The topological polar surface area (TPSA) is 38.7 Å². The monoisotopic (exact) mass is 470 g/mol. The van der Waals surface area contributed by atoms with E-state index in [1.807, 2.05) is 6.92 Å².